The number of carbonyl (C=O) groups is 1. The minimum Gasteiger partial charge on any atom is -0.383 e. The monoisotopic (exact) mass is 539 g/mol. The van der Waals surface area contributed by atoms with Crippen LogP contribution in [-0.2, 0) is 19.0 Å². The number of nitrogens with zero attached hydrogens (tertiary/aromatic N) is 5. The van der Waals surface area contributed by atoms with Gasteiger partial charge in [-0.25, -0.2) is 19.3 Å². The summed E-state index contributed by atoms with van der Waals surface area (Å²) < 4.78 is 30.9. The molecule has 0 spiro atoms. The molecule has 0 atom stereocenters. The number of likely N-dealkylation sites (N-methyl/N-ethyl adjacent to an activating group) is 1. The topological polar surface area (TPSA) is 118 Å². The fraction of sp³-hybridized carbons (Fsp3) is 0.481. The highest BCUT2D eigenvalue weighted by molar-refractivity contribution is 5.83. The number of amides is 1. The number of halogens is 1. The van der Waals surface area contributed by atoms with Crippen LogP contribution in [0.15, 0.2) is 36.5 Å². The number of anilines is 1. The fourth-order valence-corrected chi connectivity index (χ4v) is 4.63. The molecule has 0 radical (unpaired) electrons. The molecule has 2 aromatic heterocycles. The lowest BCUT2D eigenvalue weighted by molar-refractivity contribution is -0.234. The second kappa shape index (κ2) is 11.7. The van der Waals surface area contributed by atoms with Crippen LogP contribution in [0.2, 0.25) is 0 Å². The average Bonchev–Trinajstić information content (AvgIpc) is 3.40. The van der Waals surface area contributed by atoms with Gasteiger partial charge in [-0.2, -0.15) is 0 Å². The number of ether oxygens (including phenoxy) is 3. The standard InChI is InChI=1S/C27H34FN7O4/c1-27(25(36)35-13-11-34(2)12-14-35)16-38-24(39-17-27)23-32-21(18-4-6-19(28)7-5-18)22(33-23)20-8-9-29-26(31-20)30-10-15-37-3/h4-9,24H,10-17H2,1-3H3,(H,32,33)(H,29,30,31). The van der Waals surface area contributed by atoms with Crippen LogP contribution in [-0.4, -0.2) is 102 Å². The zero-order valence-corrected chi connectivity index (χ0v) is 22.4. The molecule has 0 saturated carbocycles. The molecule has 1 amide bonds. The van der Waals surface area contributed by atoms with Crippen LogP contribution in [0.1, 0.15) is 19.0 Å². The SMILES string of the molecule is COCCNc1nccc(-c2[nH]c(C3OCC(C)(C(=O)N4CCN(C)CC4)CO3)nc2-c2ccc(F)cc2)n1. The number of carbonyl (C=O) groups excluding carboxylic acids is 1. The number of aromatic amines is 1. The van der Waals surface area contributed by atoms with Crippen LogP contribution in [0.4, 0.5) is 10.3 Å². The van der Waals surface area contributed by atoms with Crippen LogP contribution in [0.5, 0.6) is 0 Å². The molecule has 3 aromatic rings. The Kier molecular flexibility index (Phi) is 8.17. The second-order valence-electron chi connectivity index (χ2n) is 10.1. The van der Waals surface area contributed by atoms with E-state index in [-0.39, 0.29) is 24.9 Å². The van der Waals surface area contributed by atoms with Gasteiger partial charge >= 0.3 is 0 Å². The van der Waals surface area contributed by atoms with E-state index in [0.717, 1.165) is 13.1 Å². The fourth-order valence-electron chi connectivity index (χ4n) is 4.63. The van der Waals surface area contributed by atoms with Gasteiger partial charge in [-0.15, -0.1) is 0 Å². The van der Waals surface area contributed by atoms with Crippen molar-refractivity contribution in [2.45, 2.75) is 13.2 Å². The second-order valence-corrected chi connectivity index (χ2v) is 10.1. The molecule has 0 bridgehead atoms. The Bertz CT molecular complexity index is 1270. The number of imidazole rings is 1. The van der Waals surface area contributed by atoms with Crippen LogP contribution >= 0.6 is 0 Å². The molecule has 4 heterocycles. The summed E-state index contributed by atoms with van der Waals surface area (Å²) in [6, 6.07) is 7.85. The van der Waals surface area contributed by atoms with Gasteiger partial charge < -0.3 is 34.3 Å². The van der Waals surface area contributed by atoms with Crippen molar-refractivity contribution in [1.29, 1.82) is 0 Å². The van der Waals surface area contributed by atoms with Crippen LogP contribution in [0.3, 0.4) is 0 Å². The van der Waals surface area contributed by atoms with Crippen molar-refractivity contribution >= 4 is 11.9 Å². The van der Waals surface area contributed by atoms with E-state index in [9.17, 15) is 9.18 Å². The van der Waals surface area contributed by atoms with Crippen molar-refractivity contribution in [2.24, 2.45) is 5.41 Å². The van der Waals surface area contributed by atoms with Crippen molar-refractivity contribution < 1.29 is 23.4 Å². The van der Waals surface area contributed by atoms with Gasteiger partial charge in [0, 0.05) is 51.6 Å². The Morgan fingerprint density at radius 3 is 2.56 bits per heavy atom. The molecule has 2 aliphatic rings. The number of hydrogen-bond acceptors (Lipinski definition) is 9. The van der Waals surface area contributed by atoms with E-state index >= 15 is 0 Å². The van der Waals surface area contributed by atoms with Gasteiger partial charge in [0.25, 0.3) is 0 Å². The molecular weight excluding hydrogens is 505 g/mol. The number of nitrogens with one attached hydrogen (secondary N) is 2. The molecule has 2 fully saturated rings. The first-order valence-electron chi connectivity index (χ1n) is 13.0. The lowest BCUT2D eigenvalue weighted by Crippen LogP contribution is -2.55. The molecule has 0 unspecified atom stereocenters. The minimum atomic E-state index is -0.799. The van der Waals surface area contributed by atoms with E-state index in [1.807, 2.05) is 11.8 Å². The van der Waals surface area contributed by atoms with E-state index in [0.29, 0.717) is 60.7 Å². The zero-order chi connectivity index (χ0) is 27.4. The van der Waals surface area contributed by atoms with Gasteiger partial charge in [-0.1, -0.05) is 0 Å². The van der Waals surface area contributed by atoms with Crippen molar-refractivity contribution in [1.82, 2.24) is 29.7 Å². The summed E-state index contributed by atoms with van der Waals surface area (Å²) in [7, 11) is 3.68. The maximum Gasteiger partial charge on any atom is 0.233 e. The molecule has 39 heavy (non-hydrogen) atoms. The van der Waals surface area contributed by atoms with Crippen molar-refractivity contribution in [3.05, 3.63) is 48.2 Å². The smallest absolute Gasteiger partial charge is 0.233 e. The zero-order valence-electron chi connectivity index (χ0n) is 22.4. The normalized spacial score (nSPS) is 22.2. The number of benzene rings is 1. The highest BCUT2D eigenvalue weighted by Gasteiger charge is 2.43. The van der Waals surface area contributed by atoms with E-state index in [2.05, 4.69) is 32.2 Å². The van der Waals surface area contributed by atoms with Crippen LogP contribution in [0, 0.1) is 11.2 Å². The number of aromatic nitrogens is 4. The molecule has 2 N–H and O–H groups in total. The third kappa shape index (κ3) is 6.09. The van der Waals surface area contributed by atoms with Crippen molar-refractivity contribution in [3.8, 4) is 22.6 Å². The Hall–Kier alpha value is -3.45. The number of piperazine rings is 1. The number of methoxy groups -OCH3 is 1. The number of rotatable bonds is 8. The molecule has 12 heteroatoms. The first-order valence-corrected chi connectivity index (χ1v) is 13.0. The Balaban J connectivity index is 1.37. The molecule has 5 rings (SSSR count). The summed E-state index contributed by atoms with van der Waals surface area (Å²) in [6.45, 7) is 6.41. The van der Waals surface area contributed by atoms with Crippen molar-refractivity contribution in [3.63, 3.8) is 0 Å². The molecule has 1 aromatic carbocycles. The molecule has 2 saturated heterocycles. The van der Waals surface area contributed by atoms with Gasteiger partial charge in [0.15, 0.2) is 5.82 Å². The van der Waals surface area contributed by atoms with E-state index in [1.165, 1.54) is 12.1 Å². The van der Waals surface area contributed by atoms with Gasteiger partial charge in [0.05, 0.1) is 42.3 Å². The first kappa shape index (κ1) is 27.1. The average molecular weight is 540 g/mol. The highest BCUT2D eigenvalue weighted by Crippen LogP contribution is 2.36. The lowest BCUT2D eigenvalue weighted by atomic mass is 9.90. The maximum atomic E-state index is 13.7. The van der Waals surface area contributed by atoms with Crippen molar-refractivity contribution in [2.75, 3.05) is 72.0 Å². The molecule has 0 aliphatic carbocycles. The summed E-state index contributed by atoms with van der Waals surface area (Å²) in [4.78, 5) is 34.3. The van der Waals surface area contributed by atoms with Crippen LogP contribution in [0.25, 0.3) is 22.6 Å². The Labute approximate surface area is 226 Å². The minimum absolute atomic E-state index is 0.0377. The summed E-state index contributed by atoms with van der Waals surface area (Å²) in [5.74, 6) is 0.571. The van der Waals surface area contributed by atoms with Gasteiger partial charge in [-0.05, 0) is 44.3 Å². The summed E-state index contributed by atoms with van der Waals surface area (Å²) in [5, 5.41) is 3.12. The molecule has 11 nitrogen and oxygen atoms in total. The summed E-state index contributed by atoms with van der Waals surface area (Å²) in [5.41, 5.74) is 1.70. The third-order valence-corrected chi connectivity index (χ3v) is 6.98. The predicted molar refractivity (Wildman–Crippen MR) is 142 cm³/mol. The Morgan fingerprint density at radius 2 is 1.87 bits per heavy atom. The maximum absolute atomic E-state index is 13.7. The molecule has 2 aliphatic heterocycles. The van der Waals surface area contributed by atoms with E-state index in [4.69, 9.17) is 19.2 Å². The largest absolute Gasteiger partial charge is 0.383 e. The molecular formula is C27H34FN7O4. The summed E-state index contributed by atoms with van der Waals surface area (Å²) >= 11 is 0. The lowest BCUT2D eigenvalue weighted by Gasteiger charge is -2.41. The number of H-pyrrole nitrogens is 1. The van der Waals surface area contributed by atoms with E-state index in [1.54, 1.807) is 31.5 Å². The summed E-state index contributed by atoms with van der Waals surface area (Å²) in [6.07, 6.45) is 0.850. The van der Waals surface area contributed by atoms with Gasteiger partial charge in [-0.3, -0.25) is 4.79 Å². The highest BCUT2D eigenvalue weighted by atomic mass is 19.1. The first-order chi connectivity index (χ1) is 18.9. The predicted octanol–water partition coefficient (Wildman–Crippen LogP) is 2.56. The Morgan fingerprint density at radius 1 is 1.15 bits per heavy atom. The van der Waals surface area contributed by atoms with Gasteiger partial charge in [0.2, 0.25) is 18.1 Å². The van der Waals surface area contributed by atoms with E-state index < -0.39 is 11.7 Å². The van der Waals surface area contributed by atoms with Gasteiger partial charge in [0.1, 0.15) is 5.82 Å². The third-order valence-electron chi connectivity index (χ3n) is 6.98. The van der Waals surface area contributed by atoms with Crippen LogP contribution < -0.4 is 5.32 Å². The molecule has 208 valence electrons. The quantitative estimate of drug-likeness (QED) is 0.417. The number of hydrogen-bond donors (Lipinski definition) is 2.